The maximum Gasteiger partial charge on any atom is 0.145 e. The molecule has 0 heterocycles. The fraction of sp³-hybridized carbons (Fsp3) is 0.143. The van der Waals surface area contributed by atoms with E-state index in [2.05, 4.69) is 0 Å². The number of hydrogen-bond acceptors (Lipinski definition) is 2. The molecule has 0 fully saturated rings. The van der Waals surface area contributed by atoms with Gasteiger partial charge in [0.25, 0.3) is 0 Å². The van der Waals surface area contributed by atoms with Crippen LogP contribution >= 0.6 is 11.6 Å². The highest BCUT2D eigenvalue weighted by molar-refractivity contribution is 6.32. The van der Waals surface area contributed by atoms with Crippen LogP contribution in [0.25, 0.3) is 11.1 Å². The summed E-state index contributed by atoms with van der Waals surface area (Å²) in [6, 6.07) is 13.2. The first-order valence-electron chi connectivity index (χ1n) is 5.29. The van der Waals surface area contributed by atoms with Gasteiger partial charge in [-0.2, -0.15) is 0 Å². The normalized spacial score (nSPS) is 10.3. The Morgan fingerprint density at radius 2 is 1.76 bits per heavy atom. The van der Waals surface area contributed by atoms with Crippen LogP contribution in [0.2, 0.25) is 5.02 Å². The third-order valence-electron chi connectivity index (χ3n) is 2.65. The van der Waals surface area contributed by atoms with E-state index in [4.69, 9.17) is 16.3 Å². The third-order valence-corrected chi connectivity index (χ3v) is 2.95. The molecule has 2 rings (SSSR count). The minimum absolute atomic E-state index is 0.00809. The molecule has 0 aliphatic rings. The second-order valence-corrected chi connectivity index (χ2v) is 4.04. The van der Waals surface area contributed by atoms with Gasteiger partial charge in [-0.1, -0.05) is 48.0 Å². The van der Waals surface area contributed by atoms with Crippen LogP contribution in [-0.4, -0.2) is 12.2 Å². The van der Waals surface area contributed by atoms with Crippen LogP contribution in [0.15, 0.2) is 42.5 Å². The zero-order valence-electron chi connectivity index (χ0n) is 9.48. The molecule has 2 aromatic rings. The lowest BCUT2D eigenvalue weighted by Gasteiger charge is -2.12. The van der Waals surface area contributed by atoms with Gasteiger partial charge in [-0.05, 0) is 17.2 Å². The fourth-order valence-electron chi connectivity index (χ4n) is 1.85. The Bertz CT molecular complexity index is 523. The predicted octanol–water partition coefficient (Wildman–Crippen LogP) is 3.51. The number of hydrogen-bond donors (Lipinski definition) is 1. The number of para-hydroxylation sites is 1. The highest BCUT2D eigenvalue weighted by Gasteiger charge is 2.11. The Kier molecular flexibility index (Phi) is 3.67. The molecule has 1 N–H and O–H groups in total. The van der Waals surface area contributed by atoms with E-state index in [1.165, 1.54) is 0 Å². The second kappa shape index (κ2) is 5.21. The van der Waals surface area contributed by atoms with Crippen molar-refractivity contribution in [3.63, 3.8) is 0 Å². The molecular formula is C14H13ClO2. The van der Waals surface area contributed by atoms with E-state index in [-0.39, 0.29) is 6.61 Å². The van der Waals surface area contributed by atoms with Crippen LogP contribution in [0.4, 0.5) is 0 Å². The molecule has 88 valence electrons. The number of aliphatic hydroxyl groups excluding tert-OH is 1. The number of halogens is 1. The molecular weight excluding hydrogens is 236 g/mol. The Morgan fingerprint density at radius 1 is 1.06 bits per heavy atom. The topological polar surface area (TPSA) is 29.5 Å². The summed E-state index contributed by atoms with van der Waals surface area (Å²) >= 11 is 6.09. The molecule has 0 unspecified atom stereocenters. The molecule has 0 radical (unpaired) electrons. The molecule has 0 aliphatic heterocycles. The molecule has 2 nitrogen and oxygen atoms in total. The molecule has 0 bridgehead atoms. The van der Waals surface area contributed by atoms with E-state index < -0.39 is 0 Å². The summed E-state index contributed by atoms with van der Waals surface area (Å²) in [6.45, 7) is -0.00809. The number of ether oxygens (including phenoxy) is 1. The minimum Gasteiger partial charge on any atom is -0.495 e. The van der Waals surface area contributed by atoms with E-state index in [9.17, 15) is 5.11 Å². The van der Waals surface area contributed by atoms with Crippen molar-refractivity contribution >= 4 is 11.6 Å². The van der Waals surface area contributed by atoms with Gasteiger partial charge in [-0.3, -0.25) is 0 Å². The van der Waals surface area contributed by atoms with E-state index in [1.807, 2.05) is 36.4 Å². The van der Waals surface area contributed by atoms with Crippen molar-refractivity contribution in [1.29, 1.82) is 0 Å². The lowest BCUT2D eigenvalue weighted by atomic mass is 9.99. The van der Waals surface area contributed by atoms with Crippen molar-refractivity contribution in [1.82, 2.24) is 0 Å². The van der Waals surface area contributed by atoms with Crippen LogP contribution in [-0.2, 0) is 6.61 Å². The summed E-state index contributed by atoms with van der Waals surface area (Å²) in [5.74, 6) is 0.634. The standard InChI is InChI=1S/C14H13ClO2/c1-17-14-12(7-4-8-13(14)15)11-6-3-2-5-10(11)9-16/h2-8,16H,9H2,1H3. The SMILES string of the molecule is COc1c(Cl)cccc1-c1ccccc1CO. The summed E-state index contributed by atoms with van der Waals surface area (Å²) < 4.78 is 5.32. The molecule has 0 atom stereocenters. The average Bonchev–Trinajstić information content (AvgIpc) is 2.38. The first kappa shape index (κ1) is 12.0. The van der Waals surface area contributed by atoms with Crippen LogP contribution < -0.4 is 4.74 Å². The molecule has 17 heavy (non-hydrogen) atoms. The van der Waals surface area contributed by atoms with E-state index in [1.54, 1.807) is 13.2 Å². The van der Waals surface area contributed by atoms with Crippen molar-refractivity contribution in [2.24, 2.45) is 0 Å². The Balaban J connectivity index is 2.64. The monoisotopic (exact) mass is 248 g/mol. The van der Waals surface area contributed by atoms with Gasteiger partial charge < -0.3 is 9.84 Å². The minimum atomic E-state index is -0.00809. The smallest absolute Gasteiger partial charge is 0.145 e. The highest BCUT2D eigenvalue weighted by atomic mass is 35.5. The third kappa shape index (κ3) is 2.28. The molecule has 2 aromatic carbocycles. The number of rotatable bonds is 3. The van der Waals surface area contributed by atoms with E-state index >= 15 is 0 Å². The molecule has 0 saturated heterocycles. The lowest BCUT2D eigenvalue weighted by Crippen LogP contribution is -1.93. The van der Waals surface area contributed by atoms with Crippen LogP contribution in [0.3, 0.4) is 0 Å². The quantitative estimate of drug-likeness (QED) is 0.901. The zero-order valence-corrected chi connectivity index (χ0v) is 10.2. The summed E-state index contributed by atoms with van der Waals surface area (Å²) in [5, 5.41) is 9.91. The molecule has 0 saturated carbocycles. The van der Waals surface area contributed by atoms with Gasteiger partial charge in [-0.25, -0.2) is 0 Å². The van der Waals surface area contributed by atoms with Crippen molar-refractivity contribution < 1.29 is 9.84 Å². The summed E-state index contributed by atoms with van der Waals surface area (Å²) in [4.78, 5) is 0. The van der Waals surface area contributed by atoms with Gasteiger partial charge >= 0.3 is 0 Å². The van der Waals surface area contributed by atoms with Gasteiger partial charge in [-0.15, -0.1) is 0 Å². The second-order valence-electron chi connectivity index (χ2n) is 3.64. The number of benzene rings is 2. The Labute approximate surface area is 105 Å². The maximum absolute atomic E-state index is 9.34. The first-order valence-corrected chi connectivity index (χ1v) is 5.67. The van der Waals surface area contributed by atoms with Crippen molar-refractivity contribution in [3.05, 3.63) is 53.1 Å². The van der Waals surface area contributed by atoms with Gasteiger partial charge in [0.05, 0.1) is 18.7 Å². The van der Waals surface area contributed by atoms with Gasteiger partial charge in [0.1, 0.15) is 5.75 Å². The fourth-order valence-corrected chi connectivity index (χ4v) is 2.10. The summed E-state index contributed by atoms with van der Waals surface area (Å²) in [6.07, 6.45) is 0. The number of methoxy groups -OCH3 is 1. The van der Waals surface area contributed by atoms with Crippen LogP contribution in [0.5, 0.6) is 5.75 Å². The molecule has 3 heteroatoms. The largest absolute Gasteiger partial charge is 0.495 e. The average molecular weight is 249 g/mol. The Hall–Kier alpha value is -1.51. The lowest BCUT2D eigenvalue weighted by molar-refractivity contribution is 0.282. The van der Waals surface area contributed by atoms with Gasteiger partial charge in [0, 0.05) is 5.56 Å². The molecule has 0 spiro atoms. The predicted molar refractivity (Wildman–Crippen MR) is 69.4 cm³/mol. The van der Waals surface area contributed by atoms with Crippen LogP contribution in [0, 0.1) is 0 Å². The first-order chi connectivity index (χ1) is 8.27. The maximum atomic E-state index is 9.34. The van der Waals surface area contributed by atoms with E-state index in [0.717, 1.165) is 16.7 Å². The summed E-state index contributed by atoms with van der Waals surface area (Å²) in [7, 11) is 1.59. The molecule has 0 amide bonds. The van der Waals surface area contributed by atoms with Crippen molar-refractivity contribution in [2.45, 2.75) is 6.61 Å². The molecule has 0 aromatic heterocycles. The Morgan fingerprint density at radius 3 is 2.47 bits per heavy atom. The summed E-state index contributed by atoms with van der Waals surface area (Å²) in [5.41, 5.74) is 2.69. The van der Waals surface area contributed by atoms with Crippen molar-refractivity contribution in [2.75, 3.05) is 7.11 Å². The van der Waals surface area contributed by atoms with Crippen molar-refractivity contribution in [3.8, 4) is 16.9 Å². The molecule has 0 aliphatic carbocycles. The van der Waals surface area contributed by atoms with Crippen LogP contribution in [0.1, 0.15) is 5.56 Å². The highest BCUT2D eigenvalue weighted by Crippen LogP contribution is 2.37. The van der Waals surface area contributed by atoms with Gasteiger partial charge in [0.2, 0.25) is 0 Å². The van der Waals surface area contributed by atoms with E-state index in [0.29, 0.717) is 10.8 Å². The number of aliphatic hydroxyl groups is 1. The zero-order chi connectivity index (χ0) is 12.3. The van der Waals surface area contributed by atoms with Gasteiger partial charge in [0.15, 0.2) is 0 Å².